The first-order chi connectivity index (χ1) is 7.36. The lowest BCUT2D eigenvalue weighted by Crippen LogP contribution is -2.48. The van der Waals surface area contributed by atoms with E-state index in [0.717, 1.165) is 19.7 Å². The summed E-state index contributed by atoms with van der Waals surface area (Å²) in [5.74, 6) is 0. The highest BCUT2D eigenvalue weighted by Crippen LogP contribution is 2.05. The van der Waals surface area contributed by atoms with E-state index in [1.54, 1.807) is 6.08 Å². The molecule has 0 bridgehead atoms. The molecule has 0 radical (unpaired) electrons. The topological polar surface area (TPSA) is 21.3 Å². The van der Waals surface area contributed by atoms with E-state index in [-0.39, 0.29) is 0 Å². The van der Waals surface area contributed by atoms with Crippen molar-refractivity contribution in [3.8, 4) is 0 Å². The highest BCUT2D eigenvalue weighted by atomic mass is 16.5. The monoisotopic (exact) mass is 205 g/mol. The van der Waals surface area contributed by atoms with Gasteiger partial charge in [0, 0.05) is 13.1 Å². The average molecular weight is 205 g/mol. The molecule has 0 unspecified atom stereocenters. The van der Waals surface area contributed by atoms with E-state index >= 15 is 0 Å². The Labute approximate surface area is 92.0 Å². The van der Waals surface area contributed by atoms with Crippen LogP contribution in [-0.2, 0) is 11.3 Å². The third kappa shape index (κ3) is 4.77. The number of benzene rings is 1. The summed E-state index contributed by atoms with van der Waals surface area (Å²) in [4.78, 5) is 0. The van der Waals surface area contributed by atoms with E-state index in [9.17, 15) is 0 Å². The Bertz CT molecular complexity index is 267. The van der Waals surface area contributed by atoms with Crippen molar-refractivity contribution in [3.63, 3.8) is 0 Å². The Kier molecular flexibility index (Phi) is 5.74. The Balaban J connectivity index is 0.000000337. The summed E-state index contributed by atoms with van der Waals surface area (Å²) in [5.41, 5.74) is 1.25. The second kappa shape index (κ2) is 7.21. The van der Waals surface area contributed by atoms with Gasteiger partial charge in [-0.1, -0.05) is 36.4 Å². The maximum atomic E-state index is 5.60. The summed E-state index contributed by atoms with van der Waals surface area (Å²) < 4.78 is 5.60. The van der Waals surface area contributed by atoms with Gasteiger partial charge in [-0.05, 0) is 12.5 Å². The van der Waals surface area contributed by atoms with Gasteiger partial charge in [-0.15, -0.1) is 6.58 Å². The zero-order chi connectivity index (χ0) is 10.9. The summed E-state index contributed by atoms with van der Waals surface area (Å²) in [6, 6.07) is 10.3. The Morgan fingerprint density at radius 1 is 1.40 bits per heavy atom. The molecule has 1 aromatic carbocycles. The van der Waals surface area contributed by atoms with E-state index < -0.39 is 0 Å². The highest BCUT2D eigenvalue weighted by Gasteiger charge is 2.16. The lowest BCUT2D eigenvalue weighted by atomic mass is 10.2. The first-order valence-electron chi connectivity index (χ1n) is 5.30. The number of nitrogens with one attached hydrogen (secondary N) is 1. The van der Waals surface area contributed by atoms with Gasteiger partial charge in [0.1, 0.15) is 0 Å². The summed E-state index contributed by atoms with van der Waals surface area (Å²) in [5, 5.41) is 3.17. The molecule has 0 aliphatic carbocycles. The van der Waals surface area contributed by atoms with E-state index in [1.807, 2.05) is 25.1 Å². The second-order valence-corrected chi connectivity index (χ2v) is 3.49. The van der Waals surface area contributed by atoms with Crippen LogP contribution < -0.4 is 5.32 Å². The summed E-state index contributed by atoms with van der Waals surface area (Å²) in [7, 11) is 0. The third-order valence-electron chi connectivity index (χ3n) is 2.07. The maximum absolute atomic E-state index is 5.60. The van der Waals surface area contributed by atoms with Gasteiger partial charge in [0.15, 0.2) is 0 Å². The third-order valence-corrected chi connectivity index (χ3v) is 2.07. The van der Waals surface area contributed by atoms with Gasteiger partial charge in [0.05, 0.1) is 12.7 Å². The molecule has 1 aliphatic heterocycles. The highest BCUT2D eigenvalue weighted by molar-refractivity contribution is 5.13. The van der Waals surface area contributed by atoms with Gasteiger partial charge in [-0.25, -0.2) is 0 Å². The van der Waals surface area contributed by atoms with Crippen molar-refractivity contribution in [2.75, 3.05) is 13.1 Å². The van der Waals surface area contributed by atoms with Crippen molar-refractivity contribution in [2.24, 2.45) is 0 Å². The molecule has 0 aromatic heterocycles. The minimum atomic E-state index is 0.435. The van der Waals surface area contributed by atoms with Crippen molar-refractivity contribution < 1.29 is 4.74 Å². The van der Waals surface area contributed by atoms with Crippen molar-refractivity contribution in [1.82, 2.24) is 5.32 Å². The van der Waals surface area contributed by atoms with Crippen LogP contribution >= 0.6 is 0 Å². The molecule has 0 spiro atoms. The molecular formula is C13H19NO. The lowest BCUT2D eigenvalue weighted by Gasteiger charge is -2.27. The first kappa shape index (κ1) is 12.0. The molecule has 2 heteroatoms. The molecule has 82 valence electrons. The van der Waals surface area contributed by atoms with Crippen LogP contribution in [0, 0.1) is 0 Å². The Hall–Kier alpha value is -1.12. The zero-order valence-corrected chi connectivity index (χ0v) is 9.28. The maximum Gasteiger partial charge on any atom is 0.0828 e. The van der Waals surface area contributed by atoms with Crippen molar-refractivity contribution >= 4 is 0 Å². The standard InChI is InChI=1S/C10H13NO.C3H6/c1-2-4-9(5-3-1)8-12-10-6-11-7-10;1-3-2/h1-5,10-11H,6-8H2;3H,1H2,2H3. The van der Waals surface area contributed by atoms with Crippen LogP contribution in [0.4, 0.5) is 0 Å². The molecular weight excluding hydrogens is 186 g/mol. The van der Waals surface area contributed by atoms with E-state index in [0.29, 0.717) is 6.10 Å². The zero-order valence-electron chi connectivity index (χ0n) is 9.28. The lowest BCUT2D eigenvalue weighted by molar-refractivity contribution is 0.00758. The van der Waals surface area contributed by atoms with Crippen LogP contribution in [-0.4, -0.2) is 19.2 Å². The van der Waals surface area contributed by atoms with Gasteiger partial charge < -0.3 is 10.1 Å². The first-order valence-corrected chi connectivity index (χ1v) is 5.30. The number of hydrogen-bond acceptors (Lipinski definition) is 2. The smallest absolute Gasteiger partial charge is 0.0828 e. The predicted molar refractivity (Wildman–Crippen MR) is 63.8 cm³/mol. The summed E-state index contributed by atoms with van der Waals surface area (Å²) >= 11 is 0. The fraction of sp³-hybridized carbons (Fsp3) is 0.385. The summed E-state index contributed by atoms with van der Waals surface area (Å²) in [6.45, 7) is 8.01. The van der Waals surface area contributed by atoms with Crippen LogP contribution in [0.15, 0.2) is 43.0 Å². The molecule has 2 rings (SSSR count). The van der Waals surface area contributed by atoms with Gasteiger partial charge >= 0.3 is 0 Å². The molecule has 1 heterocycles. The van der Waals surface area contributed by atoms with Crippen LogP contribution in [0.2, 0.25) is 0 Å². The van der Waals surface area contributed by atoms with Crippen LogP contribution in [0.5, 0.6) is 0 Å². The Morgan fingerprint density at radius 3 is 2.47 bits per heavy atom. The van der Waals surface area contributed by atoms with Crippen molar-refractivity contribution in [1.29, 1.82) is 0 Å². The van der Waals surface area contributed by atoms with Gasteiger partial charge in [0.25, 0.3) is 0 Å². The molecule has 1 fully saturated rings. The average Bonchev–Trinajstić information content (AvgIpc) is 2.18. The fourth-order valence-corrected chi connectivity index (χ4v) is 1.17. The molecule has 0 saturated carbocycles. The van der Waals surface area contributed by atoms with Gasteiger partial charge in [-0.2, -0.15) is 0 Å². The molecule has 0 amide bonds. The minimum Gasteiger partial charge on any atom is -0.371 e. The van der Waals surface area contributed by atoms with E-state index in [2.05, 4.69) is 24.0 Å². The predicted octanol–water partition coefficient (Wildman–Crippen LogP) is 2.37. The van der Waals surface area contributed by atoms with Crippen molar-refractivity contribution in [3.05, 3.63) is 48.6 Å². The van der Waals surface area contributed by atoms with E-state index in [4.69, 9.17) is 4.74 Å². The molecule has 15 heavy (non-hydrogen) atoms. The fourth-order valence-electron chi connectivity index (χ4n) is 1.17. The van der Waals surface area contributed by atoms with Crippen molar-refractivity contribution in [2.45, 2.75) is 19.6 Å². The van der Waals surface area contributed by atoms with Gasteiger partial charge in [0.2, 0.25) is 0 Å². The number of ether oxygens (including phenoxy) is 1. The molecule has 1 aromatic rings. The molecule has 1 N–H and O–H groups in total. The summed E-state index contributed by atoms with van der Waals surface area (Å²) in [6.07, 6.45) is 2.19. The van der Waals surface area contributed by atoms with E-state index in [1.165, 1.54) is 5.56 Å². The molecule has 1 saturated heterocycles. The molecule has 2 nitrogen and oxygen atoms in total. The van der Waals surface area contributed by atoms with Crippen LogP contribution in [0.1, 0.15) is 12.5 Å². The van der Waals surface area contributed by atoms with Gasteiger partial charge in [-0.3, -0.25) is 0 Å². The van der Waals surface area contributed by atoms with Crippen LogP contribution in [0.25, 0.3) is 0 Å². The SMILES string of the molecule is C=CC.c1ccc(COC2CNC2)cc1. The largest absolute Gasteiger partial charge is 0.371 e. The molecule has 0 atom stereocenters. The number of rotatable bonds is 3. The molecule has 1 aliphatic rings. The van der Waals surface area contributed by atoms with Crippen LogP contribution in [0.3, 0.4) is 0 Å². The normalized spacial score (nSPS) is 14.7. The minimum absolute atomic E-state index is 0.435. The Morgan fingerprint density at radius 2 is 2.00 bits per heavy atom. The number of hydrogen-bond donors (Lipinski definition) is 1. The second-order valence-electron chi connectivity index (χ2n) is 3.49. The number of allylic oxidation sites excluding steroid dienone is 1. The quantitative estimate of drug-likeness (QED) is 0.765.